The first-order valence-electron chi connectivity index (χ1n) is 5.40. The minimum atomic E-state index is -1.02. The van der Waals surface area contributed by atoms with Crippen molar-refractivity contribution in [1.82, 2.24) is 4.98 Å². The van der Waals surface area contributed by atoms with Crippen LogP contribution < -0.4 is 5.32 Å². The number of anilines is 1. The zero-order chi connectivity index (χ0) is 14.7. The van der Waals surface area contributed by atoms with Gasteiger partial charge in [0.15, 0.2) is 0 Å². The molecular weight excluding hydrogens is 290 g/mol. The fraction of sp³-hybridized carbons (Fsp3) is 0. The molecule has 7 heteroatoms. The topological polar surface area (TPSA) is 59.1 Å². The second-order valence-electron chi connectivity index (χ2n) is 3.75. The third-order valence-corrected chi connectivity index (χ3v) is 2.63. The molecule has 1 aromatic heterocycles. The van der Waals surface area contributed by atoms with Gasteiger partial charge in [0.05, 0.1) is 11.1 Å². The first-order chi connectivity index (χ1) is 9.49. The summed E-state index contributed by atoms with van der Waals surface area (Å²) in [7, 11) is 0. The van der Waals surface area contributed by atoms with Gasteiger partial charge in [-0.2, -0.15) is 0 Å². The van der Waals surface area contributed by atoms with E-state index < -0.39 is 22.8 Å². The van der Waals surface area contributed by atoms with Crippen LogP contribution in [0, 0.1) is 11.6 Å². The van der Waals surface area contributed by atoms with E-state index in [9.17, 15) is 18.4 Å². The highest BCUT2D eigenvalue weighted by atomic mass is 35.5. The van der Waals surface area contributed by atoms with Gasteiger partial charge in [-0.15, -0.1) is 0 Å². The van der Waals surface area contributed by atoms with Gasteiger partial charge in [-0.3, -0.25) is 9.59 Å². The van der Waals surface area contributed by atoms with Crippen molar-refractivity contribution in [1.29, 1.82) is 0 Å². The Bertz CT molecular complexity index is 692. The molecular formula is C13H7ClF2N2O2. The predicted octanol–water partition coefficient (Wildman–Crippen LogP) is 2.99. The third kappa shape index (κ3) is 2.97. The zero-order valence-corrected chi connectivity index (χ0v) is 10.6. The Morgan fingerprint density at radius 1 is 1.15 bits per heavy atom. The summed E-state index contributed by atoms with van der Waals surface area (Å²) in [5.74, 6) is -2.77. The first-order valence-corrected chi connectivity index (χ1v) is 5.78. The number of halogens is 3. The van der Waals surface area contributed by atoms with Gasteiger partial charge in [-0.25, -0.2) is 13.8 Å². The summed E-state index contributed by atoms with van der Waals surface area (Å²) in [6.45, 7) is 0. The van der Waals surface area contributed by atoms with E-state index in [2.05, 4.69) is 10.3 Å². The number of amides is 1. The van der Waals surface area contributed by atoms with Gasteiger partial charge in [-0.1, -0.05) is 0 Å². The maximum atomic E-state index is 13.4. The number of aromatic nitrogens is 1. The van der Waals surface area contributed by atoms with Crippen LogP contribution in [0.25, 0.3) is 0 Å². The van der Waals surface area contributed by atoms with E-state index in [1.54, 1.807) is 0 Å². The highest BCUT2D eigenvalue weighted by molar-refractivity contribution is 6.68. The summed E-state index contributed by atoms with van der Waals surface area (Å²) in [5.41, 5.74) is -0.393. The third-order valence-electron chi connectivity index (χ3n) is 2.43. The molecule has 0 aliphatic rings. The lowest BCUT2D eigenvalue weighted by atomic mass is 10.2. The van der Waals surface area contributed by atoms with E-state index in [0.29, 0.717) is 6.07 Å². The number of carbonyl (C=O) groups is 2. The molecule has 0 spiro atoms. The Kier molecular flexibility index (Phi) is 4.05. The molecule has 0 fully saturated rings. The molecule has 1 N–H and O–H groups in total. The summed E-state index contributed by atoms with van der Waals surface area (Å²) in [6, 6.07) is 5.35. The van der Waals surface area contributed by atoms with E-state index in [1.807, 2.05) is 0 Å². The molecule has 0 saturated heterocycles. The summed E-state index contributed by atoms with van der Waals surface area (Å²) in [5, 5.41) is 1.44. The fourth-order valence-corrected chi connectivity index (χ4v) is 1.66. The van der Waals surface area contributed by atoms with E-state index in [-0.39, 0.29) is 16.9 Å². The van der Waals surface area contributed by atoms with Crippen molar-refractivity contribution in [3.05, 3.63) is 59.3 Å². The van der Waals surface area contributed by atoms with E-state index in [0.717, 1.165) is 12.1 Å². The van der Waals surface area contributed by atoms with Crippen LogP contribution in [0.1, 0.15) is 20.7 Å². The molecule has 0 aliphatic heterocycles. The number of hydrogen-bond acceptors (Lipinski definition) is 3. The molecule has 0 atom stereocenters. The number of rotatable bonds is 3. The minimum Gasteiger partial charge on any atom is -0.306 e. The van der Waals surface area contributed by atoms with Crippen molar-refractivity contribution in [3.8, 4) is 0 Å². The van der Waals surface area contributed by atoms with Gasteiger partial charge in [0.2, 0.25) is 0 Å². The molecule has 1 heterocycles. The van der Waals surface area contributed by atoms with Gasteiger partial charge >= 0.3 is 0 Å². The normalized spacial score (nSPS) is 10.2. The van der Waals surface area contributed by atoms with Crippen LogP contribution in [-0.4, -0.2) is 16.1 Å². The predicted molar refractivity (Wildman–Crippen MR) is 68.7 cm³/mol. The Morgan fingerprint density at radius 2 is 1.90 bits per heavy atom. The molecule has 20 heavy (non-hydrogen) atoms. The molecule has 102 valence electrons. The number of hydrogen-bond donors (Lipinski definition) is 1. The maximum Gasteiger partial charge on any atom is 0.259 e. The quantitative estimate of drug-likeness (QED) is 0.886. The molecule has 1 aromatic carbocycles. The van der Waals surface area contributed by atoms with Gasteiger partial charge in [-0.05, 0) is 35.9 Å². The SMILES string of the molecule is O=C(Nc1ncccc1C(=O)Cl)c1ccc(F)cc1F. The van der Waals surface area contributed by atoms with Gasteiger partial charge in [0.25, 0.3) is 11.1 Å². The standard InChI is InChI=1S/C13H7ClF2N2O2/c14-11(19)9-2-1-5-17-12(9)18-13(20)8-4-3-7(15)6-10(8)16/h1-6H,(H,17,18,20). The van der Waals surface area contributed by atoms with Crippen LogP contribution in [0.15, 0.2) is 36.5 Å². The largest absolute Gasteiger partial charge is 0.306 e. The highest BCUT2D eigenvalue weighted by Gasteiger charge is 2.16. The Morgan fingerprint density at radius 3 is 2.55 bits per heavy atom. The molecule has 0 bridgehead atoms. The summed E-state index contributed by atoms with van der Waals surface area (Å²) in [6.07, 6.45) is 1.33. The van der Waals surface area contributed by atoms with Gasteiger partial charge in [0, 0.05) is 12.3 Å². The van der Waals surface area contributed by atoms with Crippen molar-refractivity contribution in [2.45, 2.75) is 0 Å². The van der Waals surface area contributed by atoms with Crippen LogP contribution in [0.4, 0.5) is 14.6 Å². The van der Waals surface area contributed by atoms with Crippen molar-refractivity contribution in [2.75, 3.05) is 5.32 Å². The number of benzene rings is 1. The van der Waals surface area contributed by atoms with E-state index >= 15 is 0 Å². The van der Waals surface area contributed by atoms with Gasteiger partial charge in [0.1, 0.15) is 17.5 Å². The van der Waals surface area contributed by atoms with Crippen molar-refractivity contribution in [2.24, 2.45) is 0 Å². The molecule has 1 amide bonds. The number of nitrogens with one attached hydrogen (secondary N) is 1. The van der Waals surface area contributed by atoms with Crippen LogP contribution in [0.5, 0.6) is 0 Å². The molecule has 0 unspecified atom stereocenters. The number of pyridine rings is 1. The average Bonchev–Trinajstić information content (AvgIpc) is 2.38. The Balaban J connectivity index is 2.30. The Labute approximate surface area is 117 Å². The number of nitrogens with zero attached hydrogens (tertiary/aromatic N) is 1. The van der Waals surface area contributed by atoms with Crippen LogP contribution >= 0.6 is 11.6 Å². The molecule has 2 rings (SSSR count). The van der Waals surface area contributed by atoms with E-state index in [1.165, 1.54) is 18.3 Å². The molecule has 0 saturated carbocycles. The molecule has 0 radical (unpaired) electrons. The van der Waals surface area contributed by atoms with E-state index in [4.69, 9.17) is 11.6 Å². The van der Waals surface area contributed by atoms with Crippen molar-refractivity contribution in [3.63, 3.8) is 0 Å². The van der Waals surface area contributed by atoms with Crippen LogP contribution in [-0.2, 0) is 0 Å². The lowest BCUT2D eigenvalue weighted by Crippen LogP contribution is -2.16. The summed E-state index contributed by atoms with van der Waals surface area (Å²) < 4.78 is 26.2. The fourth-order valence-electron chi connectivity index (χ4n) is 1.51. The minimum absolute atomic E-state index is 0.0231. The van der Waals surface area contributed by atoms with Crippen LogP contribution in [0.3, 0.4) is 0 Å². The second kappa shape index (κ2) is 5.75. The van der Waals surface area contributed by atoms with Gasteiger partial charge < -0.3 is 5.32 Å². The molecule has 0 aliphatic carbocycles. The summed E-state index contributed by atoms with van der Waals surface area (Å²) >= 11 is 5.34. The summed E-state index contributed by atoms with van der Waals surface area (Å²) in [4.78, 5) is 26.8. The number of carbonyl (C=O) groups excluding carboxylic acids is 2. The smallest absolute Gasteiger partial charge is 0.259 e. The first kappa shape index (κ1) is 14.1. The average molecular weight is 297 g/mol. The molecule has 4 nitrogen and oxygen atoms in total. The monoisotopic (exact) mass is 296 g/mol. The van der Waals surface area contributed by atoms with Crippen LogP contribution in [0.2, 0.25) is 0 Å². The lowest BCUT2D eigenvalue weighted by molar-refractivity contribution is 0.102. The van der Waals surface area contributed by atoms with Crippen molar-refractivity contribution < 1.29 is 18.4 Å². The Hall–Kier alpha value is -2.34. The second-order valence-corrected chi connectivity index (χ2v) is 4.09. The zero-order valence-electron chi connectivity index (χ0n) is 9.86. The lowest BCUT2D eigenvalue weighted by Gasteiger charge is -2.07. The van der Waals surface area contributed by atoms with Crippen molar-refractivity contribution >= 4 is 28.6 Å². The molecule has 2 aromatic rings. The maximum absolute atomic E-state index is 13.4. The highest BCUT2D eigenvalue weighted by Crippen LogP contribution is 2.16.